The summed E-state index contributed by atoms with van der Waals surface area (Å²) < 4.78 is 2.01. The van der Waals surface area contributed by atoms with E-state index in [1.807, 2.05) is 4.68 Å². The van der Waals surface area contributed by atoms with E-state index in [0.717, 1.165) is 41.7 Å². The lowest BCUT2D eigenvalue weighted by Crippen LogP contribution is -2.32. The van der Waals surface area contributed by atoms with Crippen LogP contribution in [0.25, 0.3) is 0 Å². The average Bonchev–Trinajstić information content (AvgIpc) is 3.16. The normalized spacial score (nSPS) is 18.9. The van der Waals surface area contributed by atoms with Gasteiger partial charge in [-0.3, -0.25) is 4.68 Å². The van der Waals surface area contributed by atoms with Crippen LogP contribution < -0.4 is 5.73 Å². The number of nitrogens with two attached hydrogens (primary N) is 1. The summed E-state index contributed by atoms with van der Waals surface area (Å²) in [5.74, 6) is 1.42. The molecule has 0 saturated heterocycles. The highest BCUT2D eigenvalue weighted by Crippen LogP contribution is 2.38. The SMILES string of the molecule is CCc1nn(CC)c(CC(N)C(C)C2CC2)c1Cl. The summed E-state index contributed by atoms with van der Waals surface area (Å²) in [4.78, 5) is 0. The zero-order valence-electron chi connectivity index (χ0n) is 11.6. The van der Waals surface area contributed by atoms with Gasteiger partial charge in [0.25, 0.3) is 0 Å². The van der Waals surface area contributed by atoms with E-state index in [9.17, 15) is 0 Å². The molecule has 2 unspecified atom stereocenters. The molecule has 1 aliphatic carbocycles. The zero-order chi connectivity index (χ0) is 13.3. The highest BCUT2D eigenvalue weighted by molar-refractivity contribution is 6.31. The molecule has 3 nitrogen and oxygen atoms in total. The van der Waals surface area contributed by atoms with Crippen LogP contribution in [0.5, 0.6) is 0 Å². The monoisotopic (exact) mass is 269 g/mol. The maximum absolute atomic E-state index is 6.41. The topological polar surface area (TPSA) is 43.8 Å². The fourth-order valence-corrected chi connectivity index (χ4v) is 2.94. The second-order valence-electron chi connectivity index (χ2n) is 5.44. The second kappa shape index (κ2) is 5.62. The van der Waals surface area contributed by atoms with E-state index in [2.05, 4.69) is 25.9 Å². The first-order valence-electron chi connectivity index (χ1n) is 7.08. The van der Waals surface area contributed by atoms with Gasteiger partial charge in [-0.2, -0.15) is 5.10 Å². The van der Waals surface area contributed by atoms with Crippen molar-refractivity contribution in [2.45, 2.75) is 59.0 Å². The second-order valence-corrected chi connectivity index (χ2v) is 5.82. The number of hydrogen-bond donors (Lipinski definition) is 1. The number of halogens is 1. The first kappa shape index (κ1) is 13.9. The first-order chi connectivity index (χ1) is 8.58. The Morgan fingerprint density at radius 2 is 2.11 bits per heavy atom. The maximum atomic E-state index is 6.41. The minimum atomic E-state index is 0.196. The highest BCUT2D eigenvalue weighted by Gasteiger charge is 2.32. The van der Waals surface area contributed by atoms with Gasteiger partial charge in [-0.25, -0.2) is 0 Å². The Kier molecular flexibility index (Phi) is 4.33. The molecule has 0 radical (unpaired) electrons. The van der Waals surface area contributed by atoms with Crippen LogP contribution in [0.4, 0.5) is 0 Å². The molecule has 102 valence electrons. The van der Waals surface area contributed by atoms with Gasteiger partial charge in [0.1, 0.15) is 0 Å². The van der Waals surface area contributed by atoms with Crippen LogP contribution in [0.3, 0.4) is 0 Å². The standard InChI is InChI=1S/C14H24ClN3/c1-4-12-14(15)13(18(5-2)17-12)8-11(16)9(3)10-6-7-10/h9-11H,4-8,16H2,1-3H3. The molecule has 1 aromatic heterocycles. The van der Waals surface area contributed by atoms with Gasteiger partial charge in [0.2, 0.25) is 0 Å². The largest absolute Gasteiger partial charge is 0.327 e. The summed E-state index contributed by atoms with van der Waals surface area (Å²) in [7, 11) is 0. The molecule has 0 aromatic carbocycles. The van der Waals surface area contributed by atoms with Crippen LogP contribution in [0, 0.1) is 11.8 Å². The molecular formula is C14H24ClN3. The first-order valence-corrected chi connectivity index (χ1v) is 7.45. The van der Waals surface area contributed by atoms with Crippen molar-refractivity contribution < 1.29 is 0 Å². The van der Waals surface area contributed by atoms with Crippen molar-refractivity contribution in [2.24, 2.45) is 17.6 Å². The minimum absolute atomic E-state index is 0.196. The number of aryl methyl sites for hydroxylation is 2. The van der Waals surface area contributed by atoms with E-state index in [4.69, 9.17) is 17.3 Å². The number of hydrogen-bond acceptors (Lipinski definition) is 2. The lowest BCUT2D eigenvalue weighted by Gasteiger charge is -2.20. The average molecular weight is 270 g/mol. The van der Waals surface area contributed by atoms with E-state index in [0.29, 0.717) is 5.92 Å². The number of aromatic nitrogens is 2. The molecule has 4 heteroatoms. The molecule has 0 spiro atoms. The summed E-state index contributed by atoms with van der Waals surface area (Å²) in [5.41, 5.74) is 8.45. The summed E-state index contributed by atoms with van der Waals surface area (Å²) in [6, 6.07) is 0.196. The molecule has 1 aromatic rings. The van der Waals surface area contributed by atoms with Gasteiger partial charge < -0.3 is 5.73 Å². The van der Waals surface area contributed by atoms with Gasteiger partial charge in [-0.15, -0.1) is 0 Å². The van der Waals surface area contributed by atoms with Crippen molar-refractivity contribution in [1.29, 1.82) is 0 Å². The van der Waals surface area contributed by atoms with E-state index < -0.39 is 0 Å². The highest BCUT2D eigenvalue weighted by atomic mass is 35.5. The van der Waals surface area contributed by atoms with Crippen molar-refractivity contribution in [3.05, 3.63) is 16.4 Å². The fourth-order valence-electron chi connectivity index (χ4n) is 2.59. The number of rotatable bonds is 6. The molecule has 1 heterocycles. The Morgan fingerprint density at radius 1 is 1.44 bits per heavy atom. The van der Waals surface area contributed by atoms with Gasteiger partial charge in [0, 0.05) is 19.0 Å². The van der Waals surface area contributed by atoms with Crippen LogP contribution in [-0.2, 0) is 19.4 Å². The van der Waals surface area contributed by atoms with Crippen molar-refractivity contribution in [2.75, 3.05) is 0 Å². The third-order valence-corrected chi connectivity index (χ3v) is 4.60. The third kappa shape index (κ3) is 2.72. The Balaban J connectivity index is 2.13. The van der Waals surface area contributed by atoms with Crippen LogP contribution in [0.1, 0.15) is 45.0 Å². The summed E-state index contributed by atoms with van der Waals surface area (Å²) in [6.07, 6.45) is 4.41. The van der Waals surface area contributed by atoms with Gasteiger partial charge in [-0.05, 0) is 38.0 Å². The molecule has 2 atom stereocenters. The molecular weight excluding hydrogens is 246 g/mol. The predicted molar refractivity (Wildman–Crippen MR) is 75.9 cm³/mol. The van der Waals surface area contributed by atoms with Crippen LogP contribution in [0.2, 0.25) is 5.02 Å². The van der Waals surface area contributed by atoms with Crippen LogP contribution in [-0.4, -0.2) is 15.8 Å². The van der Waals surface area contributed by atoms with E-state index in [1.165, 1.54) is 12.8 Å². The molecule has 0 amide bonds. The van der Waals surface area contributed by atoms with Crippen LogP contribution in [0.15, 0.2) is 0 Å². The fraction of sp³-hybridized carbons (Fsp3) is 0.786. The minimum Gasteiger partial charge on any atom is -0.327 e. The smallest absolute Gasteiger partial charge is 0.0850 e. The van der Waals surface area contributed by atoms with E-state index in [1.54, 1.807) is 0 Å². The van der Waals surface area contributed by atoms with Gasteiger partial charge in [0.15, 0.2) is 0 Å². The molecule has 2 rings (SSSR count). The lowest BCUT2D eigenvalue weighted by atomic mass is 9.93. The van der Waals surface area contributed by atoms with E-state index in [-0.39, 0.29) is 6.04 Å². The molecule has 0 aliphatic heterocycles. The Morgan fingerprint density at radius 3 is 2.61 bits per heavy atom. The summed E-state index contributed by atoms with van der Waals surface area (Å²) in [5, 5.41) is 5.38. The number of nitrogens with zero attached hydrogens (tertiary/aromatic N) is 2. The molecule has 1 fully saturated rings. The van der Waals surface area contributed by atoms with Crippen molar-refractivity contribution in [3.63, 3.8) is 0 Å². The quantitative estimate of drug-likeness (QED) is 0.863. The Labute approximate surface area is 115 Å². The molecule has 18 heavy (non-hydrogen) atoms. The van der Waals surface area contributed by atoms with Crippen molar-refractivity contribution >= 4 is 11.6 Å². The van der Waals surface area contributed by atoms with E-state index >= 15 is 0 Å². The molecule has 0 bridgehead atoms. The van der Waals surface area contributed by atoms with Gasteiger partial charge >= 0.3 is 0 Å². The molecule has 1 aliphatic rings. The zero-order valence-corrected chi connectivity index (χ0v) is 12.4. The van der Waals surface area contributed by atoms with Gasteiger partial charge in [0.05, 0.1) is 16.4 Å². The van der Waals surface area contributed by atoms with Crippen molar-refractivity contribution in [1.82, 2.24) is 9.78 Å². The predicted octanol–water partition coefficient (Wildman–Crippen LogP) is 3.03. The third-order valence-electron chi connectivity index (χ3n) is 4.16. The van der Waals surface area contributed by atoms with Gasteiger partial charge in [-0.1, -0.05) is 25.4 Å². The Hall–Kier alpha value is -0.540. The lowest BCUT2D eigenvalue weighted by molar-refractivity contribution is 0.396. The Bertz CT molecular complexity index is 409. The summed E-state index contributed by atoms with van der Waals surface area (Å²) in [6.45, 7) is 7.32. The summed E-state index contributed by atoms with van der Waals surface area (Å²) >= 11 is 6.41. The molecule has 2 N–H and O–H groups in total. The maximum Gasteiger partial charge on any atom is 0.0850 e. The van der Waals surface area contributed by atoms with Crippen molar-refractivity contribution in [3.8, 4) is 0 Å². The van der Waals surface area contributed by atoms with Crippen LogP contribution >= 0.6 is 11.6 Å². The molecule has 1 saturated carbocycles.